The van der Waals surface area contributed by atoms with Gasteiger partial charge < -0.3 is 4.42 Å². The number of hydrogen-bond donors (Lipinski definition) is 0. The van der Waals surface area contributed by atoms with Gasteiger partial charge >= 0.3 is 6.01 Å². The summed E-state index contributed by atoms with van der Waals surface area (Å²) in [6.07, 6.45) is -0.145. The lowest BCUT2D eigenvalue weighted by molar-refractivity contribution is -0.121. The van der Waals surface area contributed by atoms with Gasteiger partial charge in [-0.2, -0.15) is 0 Å². The van der Waals surface area contributed by atoms with Crippen molar-refractivity contribution >= 4 is 17.7 Å². The molecule has 1 amide bonds. The summed E-state index contributed by atoms with van der Waals surface area (Å²) in [4.78, 5) is 23.8. The van der Waals surface area contributed by atoms with Crippen LogP contribution in [0.2, 0.25) is 0 Å². The van der Waals surface area contributed by atoms with Crippen molar-refractivity contribution in [3.63, 3.8) is 0 Å². The van der Waals surface area contributed by atoms with Crippen LogP contribution in [-0.4, -0.2) is 28.4 Å². The number of aromatic nitrogens is 2. The Kier molecular flexibility index (Phi) is 2.59. The van der Waals surface area contributed by atoms with E-state index in [1.807, 2.05) is 0 Å². The molecule has 1 aliphatic rings. The van der Waals surface area contributed by atoms with Crippen molar-refractivity contribution in [1.82, 2.24) is 10.2 Å². The molecular weight excluding hydrogens is 253 g/mol. The van der Waals surface area contributed by atoms with E-state index in [0.717, 1.165) is 4.90 Å². The minimum Gasteiger partial charge on any atom is -0.403 e. The second-order valence-electron chi connectivity index (χ2n) is 4.09. The number of halogens is 1. The second-order valence-corrected chi connectivity index (χ2v) is 4.09. The van der Waals surface area contributed by atoms with Crippen LogP contribution >= 0.6 is 0 Å². The molecule has 0 bridgehead atoms. The van der Waals surface area contributed by atoms with Crippen LogP contribution < -0.4 is 4.90 Å². The Morgan fingerprint density at radius 2 is 1.89 bits per heavy atom. The highest BCUT2D eigenvalue weighted by molar-refractivity contribution is 6.14. The smallest absolute Gasteiger partial charge is 0.325 e. The van der Waals surface area contributed by atoms with E-state index < -0.39 is 0 Å². The van der Waals surface area contributed by atoms with Crippen LogP contribution in [-0.2, 0) is 9.59 Å². The molecule has 96 valence electrons. The highest BCUT2D eigenvalue weighted by Crippen LogP contribution is 2.24. The predicted octanol–water partition coefficient (Wildman–Crippen LogP) is 1.18. The highest BCUT2D eigenvalue weighted by Gasteiger charge is 2.32. The van der Waals surface area contributed by atoms with Crippen molar-refractivity contribution in [2.24, 2.45) is 0 Å². The lowest BCUT2D eigenvalue weighted by Crippen LogP contribution is -2.24. The Morgan fingerprint density at radius 1 is 1.16 bits per heavy atom. The van der Waals surface area contributed by atoms with E-state index in [9.17, 15) is 14.0 Å². The number of benzene rings is 1. The Balaban J connectivity index is 1.89. The molecule has 19 heavy (non-hydrogen) atoms. The Labute approximate surface area is 106 Å². The second kappa shape index (κ2) is 4.27. The number of Topliss-reactive ketones (excluding diaryl/α,β-unsaturated/α-hetero) is 1. The molecule has 0 radical (unpaired) electrons. The van der Waals surface area contributed by atoms with E-state index in [1.165, 1.54) is 24.3 Å². The van der Waals surface area contributed by atoms with Crippen LogP contribution in [0.5, 0.6) is 0 Å². The van der Waals surface area contributed by atoms with Crippen molar-refractivity contribution in [1.29, 1.82) is 0 Å². The van der Waals surface area contributed by atoms with E-state index in [0.29, 0.717) is 5.56 Å². The molecule has 1 aromatic heterocycles. The van der Waals surface area contributed by atoms with Gasteiger partial charge in [0.15, 0.2) is 5.78 Å². The molecule has 1 aliphatic heterocycles. The average Bonchev–Trinajstić information content (AvgIpc) is 2.97. The van der Waals surface area contributed by atoms with Gasteiger partial charge in [0.05, 0.1) is 13.0 Å². The van der Waals surface area contributed by atoms with Gasteiger partial charge in [-0.25, -0.2) is 4.39 Å². The minimum absolute atomic E-state index is 0.0184. The largest absolute Gasteiger partial charge is 0.403 e. The van der Waals surface area contributed by atoms with Crippen molar-refractivity contribution in [2.45, 2.75) is 6.42 Å². The van der Waals surface area contributed by atoms with Gasteiger partial charge in [0.1, 0.15) is 5.82 Å². The fourth-order valence-corrected chi connectivity index (χ4v) is 1.79. The quantitative estimate of drug-likeness (QED) is 0.759. The Morgan fingerprint density at radius 3 is 2.53 bits per heavy atom. The first kappa shape index (κ1) is 11.5. The number of nitrogens with zero attached hydrogens (tertiary/aromatic N) is 3. The monoisotopic (exact) mass is 261 g/mol. The van der Waals surface area contributed by atoms with Gasteiger partial charge in [-0.3, -0.25) is 14.5 Å². The molecule has 0 saturated carbocycles. The average molecular weight is 261 g/mol. The van der Waals surface area contributed by atoms with Crippen LogP contribution in [0.3, 0.4) is 0 Å². The summed E-state index contributed by atoms with van der Waals surface area (Å²) in [7, 11) is 0. The van der Waals surface area contributed by atoms with E-state index >= 15 is 0 Å². The van der Waals surface area contributed by atoms with Crippen LogP contribution in [0.25, 0.3) is 11.5 Å². The lowest BCUT2D eigenvalue weighted by Gasteiger charge is -2.06. The topological polar surface area (TPSA) is 76.3 Å². The van der Waals surface area contributed by atoms with Crippen LogP contribution in [0.15, 0.2) is 28.7 Å². The Bertz CT molecular complexity index is 650. The molecule has 3 rings (SSSR count). The van der Waals surface area contributed by atoms with E-state index in [2.05, 4.69) is 10.2 Å². The lowest BCUT2D eigenvalue weighted by atomic mass is 10.2. The fraction of sp³-hybridized carbons (Fsp3) is 0.167. The Hall–Kier alpha value is -2.57. The zero-order valence-corrected chi connectivity index (χ0v) is 9.67. The molecule has 0 aliphatic carbocycles. The summed E-state index contributed by atoms with van der Waals surface area (Å²) in [6.45, 7) is -0.0517. The van der Waals surface area contributed by atoms with Crippen LogP contribution in [0, 0.1) is 5.82 Å². The molecule has 1 saturated heterocycles. The summed E-state index contributed by atoms with van der Waals surface area (Å²) in [5, 5.41) is 7.50. The number of rotatable bonds is 2. The summed E-state index contributed by atoms with van der Waals surface area (Å²) >= 11 is 0. The SMILES string of the molecule is O=C1CC(=O)N(c2nnc(-c3ccc(F)cc3)o2)C1. The van der Waals surface area contributed by atoms with Gasteiger partial charge in [-0.1, -0.05) is 5.10 Å². The molecule has 0 atom stereocenters. The molecule has 7 heteroatoms. The third kappa shape index (κ3) is 2.10. The molecule has 1 aromatic carbocycles. The first-order valence-corrected chi connectivity index (χ1v) is 5.55. The third-order valence-electron chi connectivity index (χ3n) is 2.72. The van der Waals surface area contributed by atoms with Gasteiger partial charge in [0.2, 0.25) is 11.8 Å². The molecule has 0 unspecified atom stereocenters. The molecule has 2 heterocycles. The molecule has 1 fully saturated rings. The molecule has 6 nitrogen and oxygen atoms in total. The normalized spacial score (nSPS) is 15.3. The zero-order valence-electron chi connectivity index (χ0n) is 9.67. The first-order valence-electron chi connectivity index (χ1n) is 5.55. The molecule has 2 aromatic rings. The maximum Gasteiger partial charge on any atom is 0.325 e. The molecular formula is C12H8FN3O3. The van der Waals surface area contributed by atoms with Gasteiger partial charge in [-0.05, 0) is 24.3 Å². The summed E-state index contributed by atoms with van der Waals surface area (Å²) < 4.78 is 18.1. The minimum atomic E-state index is -0.371. The molecule has 0 N–H and O–H groups in total. The summed E-state index contributed by atoms with van der Waals surface area (Å²) in [6, 6.07) is 5.50. The highest BCUT2D eigenvalue weighted by atomic mass is 19.1. The van der Waals surface area contributed by atoms with E-state index in [1.54, 1.807) is 0 Å². The van der Waals surface area contributed by atoms with Crippen molar-refractivity contribution in [3.05, 3.63) is 30.1 Å². The summed E-state index contributed by atoms with van der Waals surface area (Å²) in [5.41, 5.74) is 0.540. The maximum absolute atomic E-state index is 12.8. The van der Waals surface area contributed by atoms with Gasteiger partial charge in [0.25, 0.3) is 0 Å². The van der Waals surface area contributed by atoms with Crippen LogP contribution in [0.1, 0.15) is 6.42 Å². The number of carbonyl (C=O) groups is 2. The van der Waals surface area contributed by atoms with E-state index in [4.69, 9.17) is 4.42 Å². The standard InChI is InChI=1S/C12H8FN3O3/c13-8-3-1-7(2-4-8)11-14-15-12(19-11)16-6-9(17)5-10(16)18/h1-4H,5-6H2. The first-order chi connectivity index (χ1) is 9.13. The van der Waals surface area contributed by atoms with Crippen LogP contribution in [0.4, 0.5) is 10.4 Å². The van der Waals surface area contributed by atoms with Gasteiger partial charge in [-0.15, -0.1) is 5.10 Å². The fourth-order valence-electron chi connectivity index (χ4n) is 1.79. The third-order valence-corrected chi connectivity index (χ3v) is 2.72. The number of carbonyl (C=O) groups excluding carboxylic acids is 2. The zero-order chi connectivity index (χ0) is 13.4. The van der Waals surface area contributed by atoms with E-state index in [-0.39, 0.29) is 42.4 Å². The van der Waals surface area contributed by atoms with Crippen molar-refractivity contribution in [3.8, 4) is 11.5 Å². The van der Waals surface area contributed by atoms with Gasteiger partial charge in [0, 0.05) is 5.56 Å². The van der Waals surface area contributed by atoms with Crippen molar-refractivity contribution in [2.75, 3.05) is 11.4 Å². The van der Waals surface area contributed by atoms with Crippen molar-refractivity contribution < 1.29 is 18.4 Å². The number of anilines is 1. The molecule has 0 spiro atoms. The number of ketones is 1. The predicted molar refractivity (Wildman–Crippen MR) is 61.7 cm³/mol. The number of hydrogen-bond acceptors (Lipinski definition) is 5. The number of amides is 1. The summed E-state index contributed by atoms with van der Waals surface area (Å²) in [5.74, 6) is -0.753. The maximum atomic E-state index is 12.8.